The van der Waals surface area contributed by atoms with Crippen molar-refractivity contribution in [3.63, 3.8) is 0 Å². The number of aromatic nitrogens is 4. The predicted molar refractivity (Wildman–Crippen MR) is 74.7 cm³/mol. The lowest BCUT2D eigenvalue weighted by molar-refractivity contribution is 0.301. The van der Waals surface area contributed by atoms with Crippen molar-refractivity contribution >= 4 is 0 Å². The molecule has 0 saturated carbocycles. The van der Waals surface area contributed by atoms with Crippen molar-refractivity contribution in [1.82, 2.24) is 20.6 Å². The number of nitrogens with one attached hydrogen (secondary N) is 1. The number of phenolic OH excluding ortho intramolecular Hbond substituents is 1. The van der Waals surface area contributed by atoms with Crippen molar-refractivity contribution in [3.8, 4) is 11.5 Å². The minimum Gasteiger partial charge on any atom is -0.508 e. The SMILES string of the molecule is CCCc1c(O)cccc1OCCCCc1nn[nH]n1. The van der Waals surface area contributed by atoms with Gasteiger partial charge in [-0.3, -0.25) is 0 Å². The van der Waals surface area contributed by atoms with Gasteiger partial charge in [0.2, 0.25) is 0 Å². The van der Waals surface area contributed by atoms with Crippen LogP contribution in [0.15, 0.2) is 18.2 Å². The highest BCUT2D eigenvalue weighted by Gasteiger charge is 2.07. The van der Waals surface area contributed by atoms with E-state index < -0.39 is 0 Å². The Balaban J connectivity index is 1.77. The Morgan fingerprint density at radius 1 is 1.25 bits per heavy atom. The summed E-state index contributed by atoms with van der Waals surface area (Å²) in [5, 5.41) is 23.6. The lowest BCUT2D eigenvalue weighted by atomic mass is 10.1. The molecule has 6 heteroatoms. The van der Waals surface area contributed by atoms with Gasteiger partial charge in [0, 0.05) is 12.0 Å². The van der Waals surface area contributed by atoms with Gasteiger partial charge in [0.15, 0.2) is 5.82 Å². The number of hydrogen-bond acceptors (Lipinski definition) is 5. The molecule has 0 atom stereocenters. The van der Waals surface area contributed by atoms with E-state index in [4.69, 9.17) is 4.74 Å². The van der Waals surface area contributed by atoms with E-state index >= 15 is 0 Å². The zero-order valence-electron chi connectivity index (χ0n) is 11.7. The van der Waals surface area contributed by atoms with Crippen molar-refractivity contribution in [1.29, 1.82) is 0 Å². The van der Waals surface area contributed by atoms with Crippen LogP contribution >= 0.6 is 0 Å². The number of aryl methyl sites for hydroxylation is 1. The van der Waals surface area contributed by atoms with E-state index in [1.807, 2.05) is 12.1 Å². The zero-order valence-corrected chi connectivity index (χ0v) is 11.7. The first-order chi connectivity index (χ1) is 9.81. The quantitative estimate of drug-likeness (QED) is 0.722. The van der Waals surface area contributed by atoms with Gasteiger partial charge in [-0.1, -0.05) is 24.6 Å². The molecule has 0 aliphatic rings. The summed E-state index contributed by atoms with van der Waals surface area (Å²) in [6, 6.07) is 5.42. The van der Waals surface area contributed by atoms with Crippen molar-refractivity contribution in [2.24, 2.45) is 0 Å². The number of rotatable bonds is 8. The Labute approximate surface area is 118 Å². The van der Waals surface area contributed by atoms with Gasteiger partial charge in [-0.05, 0) is 31.4 Å². The average molecular weight is 276 g/mol. The second-order valence-electron chi connectivity index (χ2n) is 4.64. The summed E-state index contributed by atoms with van der Waals surface area (Å²) in [4.78, 5) is 0. The molecular weight excluding hydrogens is 256 g/mol. The third kappa shape index (κ3) is 3.94. The van der Waals surface area contributed by atoms with Crippen LogP contribution in [0.2, 0.25) is 0 Å². The van der Waals surface area contributed by atoms with Crippen LogP contribution in [-0.4, -0.2) is 32.3 Å². The molecule has 2 N–H and O–H groups in total. The number of phenols is 1. The summed E-state index contributed by atoms with van der Waals surface area (Å²) in [5.74, 6) is 1.83. The fraction of sp³-hybridized carbons (Fsp3) is 0.500. The number of hydrogen-bond donors (Lipinski definition) is 2. The Hall–Kier alpha value is -2.11. The summed E-state index contributed by atoms with van der Waals surface area (Å²) >= 11 is 0. The molecule has 2 rings (SSSR count). The van der Waals surface area contributed by atoms with Crippen LogP contribution in [0.5, 0.6) is 11.5 Å². The molecule has 0 aliphatic heterocycles. The smallest absolute Gasteiger partial charge is 0.174 e. The molecule has 0 fully saturated rings. The lowest BCUT2D eigenvalue weighted by Crippen LogP contribution is -2.01. The molecule has 2 aromatic rings. The van der Waals surface area contributed by atoms with Crippen molar-refractivity contribution < 1.29 is 9.84 Å². The zero-order chi connectivity index (χ0) is 14.2. The van der Waals surface area contributed by atoms with E-state index in [2.05, 4.69) is 27.5 Å². The van der Waals surface area contributed by atoms with Crippen LogP contribution < -0.4 is 4.74 Å². The first-order valence-electron chi connectivity index (χ1n) is 6.97. The minimum atomic E-state index is 0.316. The Morgan fingerprint density at radius 3 is 2.90 bits per heavy atom. The van der Waals surface area contributed by atoms with Crippen molar-refractivity contribution in [2.75, 3.05) is 6.61 Å². The third-order valence-electron chi connectivity index (χ3n) is 3.05. The molecule has 6 nitrogen and oxygen atoms in total. The summed E-state index contributed by atoms with van der Waals surface area (Å²) in [6.07, 6.45) is 4.45. The second-order valence-corrected chi connectivity index (χ2v) is 4.64. The molecule has 1 aromatic carbocycles. The molecule has 20 heavy (non-hydrogen) atoms. The Bertz CT molecular complexity index is 514. The number of tetrazole rings is 1. The molecule has 1 aromatic heterocycles. The van der Waals surface area contributed by atoms with Gasteiger partial charge >= 0.3 is 0 Å². The highest BCUT2D eigenvalue weighted by Crippen LogP contribution is 2.28. The number of ether oxygens (including phenoxy) is 1. The minimum absolute atomic E-state index is 0.316. The number of aromatic hydroxyl groups is 1. The highest BCUT2D eigenvalue weighted by atomic mass is 16.5. The largest absolute Gasteiger partial charge is 0.508 e. The molecule has 0 bridgehead atoms. The van der Waals surface area contributed by atoms with Gasteiger partial charge in [0.05, 0.1) is 6.61 Å². The standard InChI is InChI=1S/C14H20N4O2/c1-2-6-11-12(19)7-5-8-13(11)20-10-4-3-9-14-15-17-18-16-14/h5,7-8,19H,2-4,6,9-10H2,1H3,(H,15,16,17,18). The van der Waals surface area contributed by atoms with Gasteiger partial charge in [-0.2, -0.15) is 5.21 Å². The van der Waals surface area contributed by atoms with Crippen LogP contribution in [0.25, 0.3) is 0 Å². The number of nitrogens with zero attached hydrogens (tertiary/aromatic N) is 3. The van der Waals surface area contributed by atoms with E-state index in [0.29, 0.717) is 12.4 Å². The summed E-state index contributed by atoms with van der Waals surface area (Å²) in [7, 11) is 0. The second kappa shape index (κ2) is 7.47. The van der Waals surface area contributed by atoms with Crippen LogP contribution in [-0.2, 0) is 12.8 Å². The van der Waals surface area contributed by atoms with Crippen LogP contribution in [0.4, 0.5) is 0 Å². The molecule has 0 amide bonds. The van der Waals surface area contributed by atoms with Gasteiger partial charge < -0.3 is 9.84 Å². The first-order valence-corrected chi connectivity index (χ1v) is 6.97. The summed E-state index contributed by atoms with van der Waals surface area (Å²) in [5.41, 5.74) is 0.896. The highest BCUT2D eigenvalue weighted by molar-refractivity contribution is 5.43. The first kappa shape index (κ1) is 14.3. The average Bonchev–Trinajstić information content (AvgIpc) is 2.95. The van der Waals surface area contributed by atoms with Crippen molar-refractivity contribution in [2.45, 2.75) is 39.0 Å². The summed E-state index contributed by atoms with van der Waals surface area (Å²) in [6.45, 7) is 2.71. The molecule has 0 saturated heterocycles. The topological polar surface area (TPSA) is 83.9 Å². The molecule has 0 spiro atoms. The molecule has 0 aliphatic carbocycles. The fourth-order valence-corrected chi connectivity index (χ4v) is 2.05. The number of unbranched alkanes of at least 4 members (excludes halogenated alkanes) is 1. The predicted octanol–water partition coefficient (Wildman–Crippen LogP) is 2.26. The van der Waals surface area contributed by atoms with Crippen molar-refractivity contribution in [3.05, 3.63) is 29.6 Å². The van der Waals surface area contributed by atoms with Gasteiger partial charge in [0.25, 0.3) is 0 Å². The van der Waals surface area contributed by atoms with Crippen LogP contribution in [0.1, 0.15) is 37.6 Å². The molecule has 0 radical (unpaired) electrons. The van der Waals surface area contributed by atoms with Crippen LogP contribution in [0.3, 0.4) is 0 Å². The van der Waals surface area contributed by atoms with E-state index in [1.54, 1.807) is 6.07 Å². The van der Waals surface area contributed by atoms with Crippen LogP contribution in [0, 0.1) is 0 Å². The maximum atomic E-state index is 9.84. The van der Waals surface area contributed by atoms with Gasteiger partial charge in [-0.25, -0.2) is 0 Å². The Morgan fingerprint density at radius 2 is 2.15 bits per heavy atom. The molecule has 108 valence electrons. The molecule has 0 unspecified atom stereocenters. The van der Waals surface area contributed by atoms with E-state index in [1.165, 1.54) is 0 Å². The molecule has 1 heterocycles. The van der Waals surface area contributed by atoms with E-state index in [0.717, 1.165) is 49.2 Å². The normalized spacial score (nSPS) is 10.7. The maximum Gasteiger partial charge on any atom is 0.174 e. The summed E-state index contributed by atoms with van der Waals surface area (Å²) < 4.78 is 5.77. The fourth-order valence-electron chi connectivity index (χ4n) is 2.05. The van der Waals surface area contributed by atoms with Gasteiger partial charge in [-0.15, -0.1) is 10.2 Å². The number of H-pyrrole nitrogens is 1. The maximum absolute atomic E-state index is 9.84. The third-order valence-corrected chi connectivity index (χ3v) is 3.05. The van der Waals surface area contributed by atoms with E-state index in [9.17, 15) is 5.11 Å². The van der Waals surface area contributed by atoms with Gasteiger partial charge in [0.1, 0.15) is 11.5 Å². The lowest BCUT2D eigenvalue weighted by Gasteiger charge is -2.12. The Kier molecular flexibility index (Phi) is 5.34. The number of aromatic amines is 1. The molecular formula is C14H20N4O2. The monoisotopic (exact) mass is 276 g/mol. The number of benzene rings is 1. The van der Waals surface area contributed by atoms with E-state index in [-0.39, 0.29) is 0 Å².